The minimum absolute atomic E-state index is 0.176. The van der Waals surface area contributed by atoms with Crippen LogP contribution < -0.4 is 4.74 Å². The quantitative estimate of drug-likeness (QED) is 0.210. The van der Waals surface area contributed by atoms with E-state index in [1.807, 2.05) is 60.7 Å². The second-order valence-corrected chi connectivity index (χ2v) is 10.6. The topological polar surface area (TPSA) is 79.2 Å². The Morgan fingerprint density at radius 1 is 0.900 bits per heavy atom. The molecule has 200 valence electrons. The van der Waals surface area contributed by atoms with E-state index in [2.05, 4.69) is 0 Å². The van der Waals surface area contributed by atoms with E-state index in [-0.39, 0.29) is 18.0 Å². The summed E-state index contributed by atoms with van der Waals surface area (Å²) < 4.78 is 5.87. The van der Waals surface area contributed by atoms with Crippen LogP contribution in [0.4, 0.5) is 5.69 Å². The number of carbonyl (C=O) groups excluding carboxylic acids is 1. The Kier molecular flexibility index (Phi) is 8.55. The van der Waals surface area contributed by atoms with E-state index in [1.165, 1.54) is 23.9 Å². The van der Waals surface area contributed by atoms with Gasteiger partial charge in [-0.3, -0.25) is 9.69 Å². The van der Waals surface area contributed by atoms with Gasteiger partial charge in [0.05, 0.1) is 32.7 Å². The number of benzene rings is 4. The van der Waals surface area contributed by atoms with E-state index in [0.29, 0.717) is 43.7 Å². The molecule has 1 aliphatic heterocycles. The summed E-state index contributed by atoms with van der Waals surface area (Å²) in [5, 5.41) is 10.4. The standard InChI is InChI=1S/C31H22Cl2N2O4S/c32-25-15-22(16-26(33)28(25)39-19-21-7-3-1-4-8-21)17-27-29(36)35(18-20-11-13-23(14-12-20)30(37)38)31(40-27)34-24-9-5-2-6-10-24/h1-17H,18-19H2,(H,37,38)/b27-17-,34-31?. The molecule has 4 aromatic carbocycles. The molecule has 6 nitrogen and oxygen atoms in total. The van der Waals surface area contributed by atoms with Crippen LogP contribution in [0.25, 0.3) is 6.08 Å². The van der Waals surface area contributed by atoms with Gasteiger partial charge in [-0.1, -0.05) is 83.9 Å². The highest BCUT2D eigenvalue weighted by Crippen LogP contribution is 2.39. The van der Waals surface area contributed by atoms with Gasteiger partial charge in [-0.05, 0) is 70.9 Å². The van der Waals surface area contributed by atoms with Crippen molar-refractivity contribution >= 4 is 63.8 Å². The molecule has 40 heavy (non-hydrogen) atoms. The molecular weight excluding hydrogens is 567 g/mol. The normalized spacial score (nSPS) is 15.2. The van der Waals surface area contributed by atoms with Crippen molar-refractivity contribution in [2.24, 2.45) is 4.99 Å². The third-order valence-corrected chi connectivity index (χ3v) is 7.52. The molecule has 0 atom stereocenters. The predicted molar refractivity (Wildman–Crippen MR) is 160 cm³/mol. The highest BCUT2D eigenvalue weighted by Gasteiger charge is 2.33. The van der Waals surface area contributed by atoms with Gasteiger partial charge < -0.3 is 9.84 Å². The second kappa shape index (κ2) is 12.4. The average Bonchev–Trinajstić information content (AvgIpc) is 3.22. The summed E-state index contributed by atoms with van der Waals surface area (Å²) in [5.41, 5.74) is 3.28. The molecule has 0 radical (unpaired) electrons. The zero-order valence-electron chi connectivity index (χ0n) is 21.0. The number of nitrogens with zero attached hydrogens (tertiary/aromatic N) is 2. The number of carbonyl (C=O) groups is 2. The minimum Gasteiger partial charge on any atom is -0.486 e. The van der Waals surface area contributed by atoms with Gasteiger partial charge in [0.2, 0.25) is 0 Å². The number of aromatic carboxylic acids is 1. The zero-order valence-corrected chi connectivity index (χ0v) is 23.3. The summed E-state index contributed by atoms with van der Waals surface area (Å²) in [6.45, 7) is 0.541. The van der Waals surface area contributed by atoms with E-state index in [4.69, 9.17) is 32.9 Å². The average molecular weight is 590 g/mol. The highest BCUT2D eigenvalue weighted by molar-refractivity contribution is 8.18. The smallest absolute Gasteiger partial charge is 0.335 e. The first-order valence-corrected chi connectivity index (χ1v) is 13.8. The fourth-order valence-electron chi connectivity index (χ4n) is 3.96. The summed E-state index contributed by atoms with van der Waals surface area (Å²) in [6.07, 6.45) is 1.72. The molecule has 0 aliphatic carbocycles. The Hall–Kier alpha value is -4.04. The van der Waals surface area contributed by atoms with Gasteiger partial charge in [-0.15, -0.1) is 0 Å². The molecule has 1 saturated heterocycles. The number of para-hydroxylation sites is 1. The van der Waals surface area contributed by atoms with Gasteiger partial charge in [0.15, 0.2) is 10.9 Å². The van der Waals surface area contributed by atoms with Gasteiger partial charge in [0.1, 0.15) is 6.61 Å². The molecule has 0 saturated carbocycles. The number of carboxylic acid groups (broad SMARTS) is 1. The molecule has 5 rings (SSSR count). The SMILES string of the molecule is O=C(O)c1ccc(CN2C(=O)/C(=C/c3cc(Cl)c(OCc4ccccc4)c(Cl)c3)SC2=Nc2ccccc2)cc1. The molecule has 0 unspecified atom stereocenters. The third kappa shape index (κ3) is 6.57. The number of rotatable bonds is 8. The minimum atomic E-state index is -1.01. The number of halogens is 2. The molecule has 1 heterocycles. The van der Waals surface area contributed by atoms with Gasteiger partial charge in [-0.25, -0.2) is 9.79 Å². The number of amides is 1. The fourth-order valence-corrected chi connectivity index (χ4v) is 5.57. The summed E-state index contributed by atoms with van der Waals surface area (Å²) >= 11 is 14.3. The van der Waals surface area contributed by atoms with E-state index in [9.17, 15) is 14.7 Å². The molecular formula is C31H22Cl2N2O4S. The Morgan fingerprint density at radius 3 is 2.15 bits per heavy atom. The molecule has 1 N–H and O–H groups in total. The molecule has 1 fully saturated rings. The molecule has 9 heteroatoms. The fraction of sp³-hybridized carbons (Fsp3) is 0.0645. The highest BCUT2D eigenvalue weighted by atomic mass is 35.5. The van der Waals surface area contributed by atoms with Gasteiger partial charge >= 0.3 is 5.97 Å². The molecule has 0 aromatic heterocycles. The predicted octanol–water partition coefficient (Wildman–Crippen LogP) is 8.07. The lowest BCUT2D eigenvalue weighted by Crippen LogP contribution is -2.28. The van der Waals surface area contributed by atoms with Crippen LogP contribution >= 0.6 is 35.0 Å². The molecule has 4 aromatic rings. The van der Waals surface area contributed by atoms with E-state index in [0.717, 1.165) is 11.1 Å². The Balaban J connectivity index is 1.42. The molecule has 1 amide bonds. The van der Waals surface area contributed by atoms with E-state index in [1.54, 1.807) is 35.2 Å². The molecule has 0 spiro atoms. The number of thioether (sulfide) groups is 1. The third-order valence-electron chi connectivity index (χ3n) is 5.95. The van der Waals surface area contributed by atoms with Crippen molar-refractivity contribution in [1.29, 1.82) is 0 Å². The lowest BCUT2D eigenvalue weighted by molar-refractivity contribution is -0.122. The van der Waals surface area contributed by atoms with Crippen LogP contribution in [0.15, 0.2) is 107 Å². The number of ether oxygens (including phenoxy) is 1. The molecule has 0 bridgehead atoms. The van der Waals surface area contributed by atoms with Crippen LogP contribution in [-0.2, 0) is 17.9 Å². The summed E-state index contributed by atoms with van der Waals surface area (Å²) in [4.78, 5) is 31.5. The lowest BCUT2D eigenvalue weighted by Gasteiger charge is -2.16. The number of hydrogen-bond donors (Lipinski definition) is 1. The van der Waals surface area contributed by atoms with Gasteiger partial charge in [0, 0.05) is 0 Å². The summed E-state index contributed by atoms with van der Waals surface area (Å²) in [6, 6.07) is 28.9. The lowest BCUT2D eigenvalue weighted by atomic mass is 10.1. The molecule has 1 aliphatic rings. The van der Waals surface area contributed by atoms with E-state index < -0.39 is 5.97 Å². The largest absolute Gasteiger partial charge is 0.486 e. The van der Waals surface area contributed by atoms with Crippen molar-refractivity contribution in [2.45, 2.75) is 13.2 Å². The first kappa shape index (κ1) is 27.5. The Morgan fingerprint density at radius 2 is 1.52 bits per heavy atom. The van der Waals surface area contributed by atoms with Crippen molar-refractivity contribution in [3.05, 3.63) is 134 Å². The van der Waals surface area contributed by atoms with Crippen molar-refractivity contribution < 1.29 is 19.4 Å². The first-order valence-electron chi connectivity index (χ1n) is 12.2. The number of carboxylic acids is 1. The van der Waals surface area contributed by atoms with Crippen molar-refractivity contribution in [2.75, 3.05) is 0 Å². The van der Waals surface area contributed by atoms with Crippen molar-refractivity contribution in [3.8, 4) is 5.75 Å². The van der Waals surface area contributed by atoms with Crippen LogP contribution in [0.1, 0.15) is 27.0 Å². The number of hydrogen-bond acceptors (Lipinski definition) is 5. The maximum Gasteiger partial charge on any atom is 0.335 e. The van der Waals surface area contributed by atoms with Crippen LogP contribution in [0.5, 0.6) is 5.75 Å². The Labute approximate surface area is 245 Å². The van der Waals surface area contributed by atoms with Crippen molar-refractivity contribution in [1.82, 2.24) is 4.90 Å². The van der Waals surface area contributed by atoms with Crippen LogP contribution in [0.3, 0.4) is 0 Å². The zero-order chi connectivity index (χ0) is 28.1. The van der Waals surface area contributed by atoms with Crippen molar-refractivity contribution in [3.63, 3.8) is 0 Å². The van der Waals surface area contributed by atoms with Gasteiger partial charge in [0.25, 0.3) is 5.91 Å². The summed E-state index contributed by atoms with van der Waals surface area (Å²) in [5.74, 6) is -0.874. The van der Waals surface area contributed by atoms with Crippen LogP contribution in [0.2, 0.25) is 10.0 Å². The Bertz CT molecular complexity index is 1580. The number of aliphatic imine (C=N–C) groups is 1. The second-order valence-electron chi connectivity index (χ2n) is 8.82. The first-order chi connectivity index (χ1) is 19.4. The van der Waals surface area contributed by atoms with Crippen LogP contribution in [0, 0.1) is 0 Å². The maximum atomic E-state index is 13.6. The number of amidine groups is 1. The maximum absolute atomic E-state index is 13.6. The van der Waals surface area contributed by atoms with E-state index >= 15 is 0 Å². The summed E-state index contributed by atoms with van der Waals surface area (Å²) in [7, 11) is 0. The van der Waals surface area contributed by atoms with Gasteiger partial charge in [-0.2, -0.15) is 0 Å². The van der Waals surface area contributed by atoms with Crippen LogP contribution in [-0.4, -0.2) is 27.1 Å². The monoisotopic (exact) mass is 588 g/mol.